The van der Waals surface area contributed by atoms with Crippen LogP contribution in [0, 0.1) is 0 Å². The molecule has 1 N–H and O–H groups in total. The Kier molecular flexibility index (Phi) is 4.98. The maximum Gasteiger partial charge on any atom is 0.451 e. The van der Waals surface area contributed by atoms with Crippen LogP contribution in [0.15, 0.2) is 0 Å². The van der Waals surface area contributed by atoms with Gasteiger partial charge < -0.3 is 14.8 Å². The number of alkyl halides is 3. The van der Waals surface area contributed by atoms with Crippen molar-refractivity contribution in [3.8, 4) is 0 Å². The molecule has 0 saturated carbocycles. The van der Waals surface area contributed by atoms with Gasteiger partial charge in [-0.25, -0.2) is 0 Å². The fourth-order valence-electron chi connectivity index (χ4n) is 1.97. The van der Waals surface area contributed by atoms with E-state index in [-0.39, 0.29) is 37.1 Å². The molecule has 20 heavy (non-hydrogen) atoms. The van der Waals surface area contributed by atoms with Gasteiger partial charge in [-0.2, -0.15) is 13.2 Å². The van der Waals surface area contributed by atoms with Gasteiger partial charge in [0.15, 0.2) is 5.82 Å². The summed E-state index contributed by atoms with van der Waals surface area (Å²) in [6.45, 7) is 0.489. The molecule has 2 rings (SSSR count). The maximum absolute atomic E-state index is 12.7. The minimum absolute atomic E-state index is 0. The summed E-state index contributed by atoms with van der Waals surface area (Å²) in [6.07, 6.45) is -4.47. The lowest BCUT2D eigenvalue weighted by Crippen LogP contribution is -2.38. The van der Waals surface area contributed by atoms with E-state index in [0.717, 1.165) is 4.57 Å². The Morgan fingerprint density at radius 1 is 1.45 bits per heavy atom. The molecule has 0 aromatic carbocycles. The summed E-state index contributed by atoms with van der Waals surface area (Å²) >= 11 is 0. The van der Waals surface area contributed by atoms with Crippen molar-refractivity contribution in [3.63, 3.8) is 0 Å². The van der Waals surface area contributed by atoms with Crippen molar-refractivity contribution in [1.82, 2.24) is 25.0 Å². The summed E-state index contributed by atoms with van der Waals surface area (Å²) in [5, 5.41) is 9.76. The van der Waals surface area contributed by atoms with Crippen molar-refractivity contribution in [2.24, 2.45) is 0 Å². The zero-order valence-corrected chi connectivity index (χ0v) is 11.8. The third-order valence-electron chi connectivity index (χ3n) is 2.95. The van der Waals surface area contributed by atoms with Crippen LogP contribution in [0.4, 0.5) is 13.2 Å². The van der Waals surface area contributed by atoms with Crippen LogP contribution in [-0.2, 0) is 17.5 Å². The molecule has 10 heteroatoms. The number of amides is 1. The number of aromatic nitrogens is 3. The molecule has 114 valence electrons. The zero-order valence-electron chi connectivity index (χ0n) is 10.9. The molecule has 1 amide bonds. The van der Waals surface area contributed by atoms with Crippen LogP contribution in [0.2, 0.25) is 0 Å². The first kappa shape index (κ1) is 16.7. The molecule has 1 aromatic rings. The molecule has 0 radical (unpaired) electrons. The van der Waals surface area contributed by atoms with Gasteiger partial charge in [0.1, 0.15) is 0 Å². The summed E-state index contributed by atoms with van der Waals surface area (Å²) in [7, 11) is 3.19. The van der Waals surface area contributed by atoms with Crippen molar-refractivity contribution in [3.05, 3.63) is 11.6 Å². The predicted octanol–water partition coefficient (Wildman–Crippen LogP) is 0.841. The highest BCUT2D eigenvalue weighted by Gasteiger charge is 2.40. The van der Waals surface area contributed by atoms with Gasteiger partial charge in [0, 0.05) is 33.6 Å². The van der Waals surface area contributed by atoms with Crippen LogP contribution in [0.3, 0.4) is 0 Å². The smallest absolute Gasteiger partial charge is 0.349 e. The maximum atomic E-state index is 12.7. The van der Waals surface area contributed by atoms with Gasteiger partial charge >= 0.3 is 6.18 Å². The second-order valence-corrected chi connectivity index (χ2v) is 4.53. The molecule has 0 fully saturated rings. The van der Waals surface area contributed by atoms with E-state index in [4.69, 9.17) is 0 Å². The molecular formula is C10H15ClF3N5O. The van der Waals surface area contributed by atoms with Crippen molar-refractivity contribution < 1.29 is 18.0 Å². The average molecular weight is 314 g/mol. The number of rotatable bonds is 2. The third kappa shape index (κ3) is 3.21. The third-order valence-corrected chi connectivity index (χ3v) is 2.95. The summed E-state index contributed by atoms with van der Waals surface area (Å²) in [4.78, 5) is 13.0. The number of fused-ring (bicyclic) bond motifs is 1. The zero-order chi connectivity index (χ0) is 14.2. The Labute approximate surface area is 119 Å². The Morgan fingerprint density at radius 2 is 2.10 bits per heavy atom. The predicted molar refractivity (Wildman–Crippen MR) is 66.3 cm³/mol. The largest absolute Gasteiger partial charge is 0.451 e. The molecule has 1 aromatic heterocycles. The van der Waals surface area contributed by atoms with Crippen molar-refractivity contribution in [2.75, 3.05) is 20.6 Å². The van der Waals surface area contributed by atoms with E-state index in [1.807, 2.05) is 0 Å². The molecule has 0 saturated heterocycles. The molecule has 2 heterocycles. The Hall–Kier alpha value is -1.35. The first-order valence-corrected chi connectivity index (χ1v) is 5.74. The highest BCUT2D eigenvalue weighted by atomic mass is 35.5. The lowest BCUT2D eigenvalue weighted by atomic mass is 10.1. The average Bonchev–Trinajstić information content (AvgIpc) is 2.73. The Bertz CT molecular complexity index is 488. The van der Waals surface area contributed by atoms with E-state index >= 15 is 0 Å². The summed E-state index contributed by atoms with van der Waals surface area (Å²) in [5.74, 6) is -1.03. The van der Waals surface area contributed by atoms with Gasteiger partial charge in [-0.05, 0) is 0 Å². The highest BCUT2D eigenvalue weighted by Crippen LogP contribution is 2.31. The number of carbonyl (C=O) groups is 1. The second kappa shape index (κ2) is 5.96. The lowest BCUT2D eigenvalue weighted by Gasteiger charge is -2.25. The molecule has 6 nitrogen and oxygen atoms in total. The SMILES string of the molecule is CN(C)C(=O)CC1NCCn2c1nnc2C(F)(F)F.Cl. The Morgan fingerprint density at radius 3 is 2.65 bits per heavy atom. The van der Waals surface area contributed by atoms with Crippen molar-refractivity contribution >= 4 is 18.3 Å². The van der Waals surface area contributed by atoms with E-state index in [2.05, 4.69) is 15.5 Å². The van der Waals surface area contributed by atoms with E-state index in [9.17, 15) is 18.0 Å². The van der Waals surface area contributed by atoms with Crippen LogP contribution >= 0.6 is 12.4 Å². The van der Waals surface area contributed by atoms with E-state index in [0.29, 0.717) is 6.54 Å². The van der Waals surface area contributed by atoms with Gasteiger partial charge in [-0.1, -0.05) is 0 Å². The molecule has 0 aliphatic carbocycles. The standard InChI is InChI=1S/C10H14F3N5O.ClH/c1-17(2)7(19)5-6-8-15-16-9(10(11,12)13)18(8)4-3-14-6;/h6,14H,3-5H2,1-2H3;1H. The first-order valence-electron chi connectivity index (χ1n) is 5.74. The van der Waals surface area contributed by atoms with E-state index < -0.39 is 18.0 Å². The van der Waals surface area contributed by atoms with Crippen LogP contribution in [0.25, 0.3) is 0 Å². The molecule has 1 aliphatic rings. The number of nitrogens with one attached hydrogen (secondary N) is 1. The van der Waals surface area contributed by atoms with Crippen LogP contribution in [0.1, 0.15) is 24.1 Å². The van der Waals surface area contributed by atoms with Crippen LogP contribution < -0.4 is 5.32 Å². The minimum Gasteiger partial charge on any atom is -0.349 e. The number of hydrogen-bond acceptors (Lipinski definition) is 4. The quantitative estimate of drug-likeness (QED) is 0.879. The summed E-state index contributed by atoms with van der Waals surface area (Å²) < 4.78 is 39.2. The van der Waals surface area contributed by atoms with Gasteiger partial charge in [0.05, 0.1) is 6.04 Å². The van der Waals surface area contributed by atoms with E-state index in [1.54, 1.807) is 14.1 Å². The van der Waals surface area contributed by atoms with Gasteiger partial charge in [0.25, 0.3) is 0 Å². The molecule has 1 aliphatic heterocycles. The fourth-order valence-corrected chi connectivity index (χ4v) is 1.97. The molecule has 0 spiro atoms. The normalized spacial score (nSPS) is 18.1. The second-order valence-electron chi connectivity index (χ2n) is 4.53. The molecule has 1 atom stereocenters. The first-order chi connectivity index (χ1) is 8.80. The highest BCUT2D eigenvalue weighted by molar-refractivity contribution is 5.85. The number of halogens is 4. The van der Waals surface area contributed by atoms with Crippen molar-refractivity contribution in [2.45, 2.75) is 25.2 Å². The van der Waals surface area contributed by atoms with Crippen LogP contribution in [-0.4, -0.2) is 46.2 Å². The molecule has 0 bridgehead atoms. The molecule has 1 unspecified atom stereocenters. The van der Waals surface area contributed by atoms with Crippen LogP contribution in [0.5, 0.6) is 0 Å². The van der Waals surface area contributed by atoms with Gasteiger partial charge in [-0.3, -0.25) is 4.79 Å². The number of carbonyl (C=O) groups excluding carboxylic acids is 1. The topological polar surface area (TPSA) is 63.1 Å². The minimum atomic E-state index is -4.53. The van der Waals surface area contributed by atoms with E-state index in [1.165, 1.54) is 4.90 Å². The lowest BCUT2D eigenvalue weighted by molar-refractivity contribution is -0.147. The number of nitrogens with zero attached hydrogens (tertiary/aromatic N) is 4. The summed E-state index contributed by atoms with van der Waals surface area (Å²) in [5.41, 5.74) is 0. The van der Waals surface area contributed by atoms with Gasteiger partial charge in [0.2, 0.25) is 11.7 Å². The monoisotopic (exact) mass is 313 g/mol. The summed E-state index contributed by atoms with van der Waals surface area (Å²) in [6, 6.07) is -0.535. The van der Waals surface area contributed by atoms with Crippen molar-refractivity contribution in [1.29, 1.82) is 0 Å². The van der Waals surface area contributed by atoms with Gasteiger partial charge in [-0.15, -0.1) is 22.6 Å². The molecular weight excluding hydrogens is 299 g/mol. The number of hydrogen-bond donors (Lipinski definition) is 1. The fraction of sp³-hybridized carbons (Fsp3) is 0.700. The Balaban J connectivity index is 0.00000200.